The van der Waals surface area contributed by atoms with Gasteiger partial charge in [0.25, 0.3) is 0 Å². The van der Waals surface area contributed by atoms with Crippen molar-refractivity contribution < 1.29 is 0 Å². The van der Waals surface area contributed by atoms with E-state index in [2.05, 4.69) is 30.7 Å². The second kappa shape index (κ2) is 2.28. The third kappa shape index (κ3) is 1.02. The Labute approximate surface area is 73.1 Å². The fourth-order valence-corrected chi connectivity index (χ4v) is 1.90. The molecule has 0 aromatic carbocycles. The van der Waals surface area contributed by atoms with Gasteiger partial charge < -0.3 is 0 Å². The monoisotopic (exact) mass is 162 g/mol. The van der Waals surface area contributed by atoms with E-state index in [1.165, 1.54) is 18.4 Å². The van der Waals surface area contributed by atoms with Crippen molar-refractivity contribution in [3.05, 3.63) is 23.3 Å². The first-order valence-electron chi connectivity index (χ1n) is 4.42. The molecule has 1 aliphatic rings. The van der Waals surface area contributed by atoms with Gasteiger partial charge in [-0.3, -0.25) is 0 Å². The normalized spacial score (nSPS) is 19.2. The summed E-state index contributed by atoms with van der Waals surface area (Å²) < 4.78 is 0. The summed E-state index contributed by atoms with van der Waals surface area (Å²) in [4.78, 5) is 8.47. The summed E-state index contributed by atoms with van der Waals surface area (Å²) >= 11 is 0. The van der Waals surface area contributed by atoms with Crippen LogP contribution >= 0.6 is 0 Å². The average Bonchev–Trinajstić information content (AvgIpc) is 2.68. The first kappa shape index (κ1) is 7.71. The minimum Gasteiger partial charge on any atom is -0.241 e. The fraction of sp³-hybridized carbons (Fsp3) is 0.600. The van der Waals surface area contributed by atoms with Crippen LogP contribution in [0.25, 0.3) is 0 Å². The summed E-state index contributed by atoms with van der Waals surface area (Å²) in [5.41, 5.74) is 4.09. The smallest absolute Gasteiger partial charge is 0.115 e. The molecule has 0 saturated heterocycles. The molecule has 2 heteroatoms. The molecule has 12 heavy (non-hydrogen) atoms. The highest BCUT2D eigenvalue weighted by Gasteiger charge is 2.41. The molecule has 0 spiro atoms. The molecule has 1 fully saturated rings. The predicted octanol–water partition coefficient (Wildman–Crippen LogP) is 2.14. The van der Waals surface area contributed by atoms with Crippen molar-refractivity contribution in [2.45, 2.75) is 39.0 Å². The number of aryl methyl sites for hydroxylation is 2. The summed E-state index contributed by atoms with van der Waals surface area (Å²) in [6, 6.07) is 0. The van der Waals surface area contributed by atoms with Crippen molar-refractivity contribution >= 4 is 0 Å². The van der Waals surface area contributed by atoms with E-state index in [-0.39, 0.29) is 0 Å². The maximum absolute atomic E-state index is 4.24. The zero-order valence-corrected chi connectivity index (χ0v) is 7.89. The molecule has 1 heterocycles. The molecular formula is C10H14N2. The molecule has 0 atom stereocenters. The second-order valence-electron chi connectivity index (χ2n) is 3.98. The van der Waals surface area contributed by atoms with Crippen LogP contribution in [-0.2, 0) is 5.41 Å². The third-order valence-corrected chi connectivity index (χ3v) is 2.83. The minimum atomic E-state index is 0.398. The molecule has 1 aromatic heterocycles. The largest absolute Gasteiger partial charge is 0.241 e. The summed E-state index contributed by atoms with van der Waals surface area (Å²) in [6.45, 7) is 6.45. The van der Waals surface area contributed by atoms with Gasteiger partial charge in [-0.25, -0.2) is 9.97 Å². The minimum absolute atomic E-state index is 0.398. The van der Waals surface area contributed by atoms with Gasteiger partial charge in [0.15, 0.2) is 0 Å². The van der Waals surface area contributed by atoms with E-state index in [0.29, 0.717) is 5.41 Å². The Balaban J connectivity index is 2.55. The Morgan fingerprint density at radius 2 is 1.67 bits per heavy atom. The van der Waals surface area contributed by atoms with E-state index in [9.17, 15) is 0 Å². The summed E-state index contributed by atoms with van der Waals surface area (Å²) in [6.07, 6.45) is 4.24. The van der Waals surface area contributed by atoms with Crippen LogP contribution in [-0.4, -0.2) is 9.97 Å². The van der Waals surface area contributed by atoms with Crippen LogP contribution in [0, 0.1) is 13.8 Å². The van der Waals surface area contributed by atoms with Crippen molar-refractivity contribution in [2.24, 2.45) is 0 Å². The van der Waals surface area contributed by atoms with Crippen LogP contribution in [0.2, 0.25) is 0 Å². The number of rotatable bonds is 1. The van der Waals surface area contributed by atoms with Gasteiger partial charge in [-0.05, 0) is 32.1 Å². The number of nitrogens with zero attached hydrogens (tertiary/aromatic N) is 2. The first-order chi connectivity index (χ1) is 5.63. The van der Waals surface area contributed by atoms with E-state index in [4.69, 9.17) is 0 Å². The van der Waals surface area contributed by atoms with Gasteiger partial charge in [-0.1, -0.05) is 6.92 Å². The Kier molecular flexibility index (Phi) is 1.47. The standard InChI is InChI=1S/C10H14N2/c1-7-9(10(3)4-5-10)8(2)12-6-11-7/h6H,4-5H2,1-3H3. The van der Waals surface area contributed by atoms with Crippen LogP contribution in [0.4, 0.5) is 0 Å². The van der Waals surface area contributed by atoms with Gasteiger partial charge in [0.1, 0.15) is 6.33 Å². The highest BCUT2D eigenvalue weighted by atomic mass is 14.8. The zero-order valence-electron chi connectivity index (χ0n) is 7.89. The van der Waals surface area contributed by atoms with E-state index >= 15 is 0 Å². The number of hydrogen-bond donors (Lipinski definition) is 0. The molecule has 0 unspecified atom stereocenters. The third-order valence-electron chi connectivity index (χ3n) is 2.83. The summed E-state index contributed by atoms with van der Waals surface area (Å²) in [5.74, 6) is 0. The van der Waals surface area contributed by atoms with E-state index in [1.54, 1.807) is 6.33 Å². The Morgan fingerprint density at radius 3 is 2.08 bits per heavy atom. The lowest BCUT2D eigenvalue weighted by Gasteiger charge is -2.13. The lowest BCUT2D eigenvalue weighted by atomic mass is 9.95. The van der Waals surface area contributed by atoms with Crippen molar-refractivity contribution in [1.82, 2.24) is 9.97 Å². The van der Waals surface area contributed by atoms with Crippen LogP contribution in [0.3, 0.4) is 0 Å². The maximum atomic E-state index is 4.24. The first-order valence-corrected chi connectivity index (χ1v) is 4.42. The van der Waals surface area contributed by atoms with Crippen LogP contribution in [0.5, 0.6) is 0 Å². The second-order valence-corrected chi connectivity index (χ2v) is 3.98. The molecule has 0 aliphatic heterocycles. The Bertz CT molecular complexity index is 293. The molecule has 1 aromatic rings. The van der Waals surface area contributed by atoms with E-state index in [0.717, 1.165) is 11.4 Å². The summed E-state index contributed by atoms with van der Waals surface area (Å²) in [7, 11) is 0. The van der Waals surface area contributed by atoms with E-state index in [1.807, 2.05) is 0 Å². The average molecular weight is 162 g/mol. The zero-order chi connectivity index (χ0) is 8.77. The van der Waals surface area contributed by atoms with Gasteiger partial charge in [-0.2, -0.15) is 0 Å². The van der Waals surface area contributed by atoms with Gasteiger partial charge >= 0.3 is 0 Å². The quantitative estimate of drug-likeness (QED) is 0.632. The molecule has 0 radical (unpaired) electrons. The van der Waals surface area contributed by atoms with Crippen molar-refractivity contribution in [2.75, 3.05) is 0 Å². The van der Waals surface area contributed by atoms with Gasteiger partial charge in [0.05, 0.1) is 0 Å². The van der Waals surface area contributed by atoms with Gasteiger partial charge in [0.2, 0.25) is 0 Å². The SMILES string of the molecule is Cc1ncnc(C)c1C1(C)CC1. The topological polar surface area (TPSA) is 25.8 Å². The van der Waals surface area contributed by atoms with Crippen LogP contribution < -0.4 is 0 Å². The molecule has 1 saturated carbocycles. The lowest BCUT2D eigenvalue weighted by molar-refractivity contribution is 0.746. The number of hydrogen-bond acceptors (Lipinski definition) is 2. The molecule has 0 bridgehead atoms. The molecular weight excluding hydrogens is 148 g/mol. The van der Waals surface area contributed by atoms with Crippen LogP contribution in [0.1, 0.15) is 36.7 Å². The molecule has 0 N–H and O–H groups in total. The summed E-state index contributed by atoms with van der Waals surface area (Å²) in [5, 5.41) is 0. The van der Waals surface area contributed by atoms with Gasteiger partial charge in [0, 0.05) is 17.0 Å². The molecule has 0 amide bonds. The molecule has 2 nitrogen and oxygen atoms in total. The lowest BCUT2D eigenvalue weighted by Crippen LogP contribution is -2.08. The van der Waals surface area contributed by atoms with Crippen molar-refractivity contribution in [1.29, 1.82) is 0 Å². The molecule has 64 valence electrons. The highest BCUT2D eigenvalue weighted by Crippen LogP contribution is 2.49. The predicted molar refractivity (Wildman–Crippen MR) is 48.1 cm³/mol. The number of aromatic nitrogens is 2. The highest BCUT2D eigenvalue weighted by molar-refractivity contribution is 5.35. The maximum Gasteiger partial charge on any atom is 0.115 e. The van der Waals surface area contributed by atoms with Crippen molar-refractivity contribution in [3.63, 3.8) is 0 Å². The molecule has 2 rings (SSSR count). The Hall–Kier alpha value is -0.920. The van der Waals surface area contributed by atoms with Crippen LogP contribution in [0.15, 0.2) is 6.33 Å². The van der Waals surface area contributed by atoms with Gasteiger partial charge in [-0.15, -0.1) is 0 Å². The van der Waals surface area contributed by atoms with Crippen molar-refractivity contribution in [3.8, 4) is 0 Å². The van der Waals surface area contributed by atoms with E-state index < -0.39 is 0 Å². The Morgan fingerprint density at radius 1 is 1.17 bits per heavy atom. The molecule has 1 aliphatic carbocycles. The fourth-order valence-electron chi connectivity index (χ4n) is 1.90.